The third kappa shape index (κ3) is 2.27. The minimum Gasteiger partial charge on any atom is -0.338 e. The Hall–Kier alpha value is -0.570. The number of rotatable bonds is 3. The number of nitrogens with zero attached hydrogens (tertiary/aromatic N) is 1. The van der Waals surface area contributed by atoms with E-state index in [1.54, 1.807) is 0 Å². The molecule has 1 rings (SSSR count). The molecule has 2 atom stereocenters. The second-order valence-corrected chi connectivity index (χ2v) is 4.66. The molecule has 1 fully saturated rings. The van der Waals surface area contributed by atoms with Gasteiger partial charge in [-0.25, -0.2) is 0 Å². The molecule has 0 aromatic carbocycles. The van der Waals surface area contributed by atoms with E-state index in [2.05, 4.69) is 13.8 Å². The first-order chi connectivity index (χ1) is 6.49. The average Bonchev–Trinajstić information content (AvgIpc) is 2.50. The third-order valence-corrected chi connectivity index (χ3v) is 3.07. The van der Waals surface area contributed by atoms with Crippen LogP contribution in [0.3, 0.4) is 0 Å². The van der Waals surface area contributed by atoms with Gasteiger partial charge in [0.15, 0.2) is 0 Å². The Bertz CT molecular complexity index is 213. The number of carbonyl (C=O) groups excluding carboxylic acids is 1. The summed E-state index contributed by atoms with van der Waals surface area (Å²) in [5, 5.41) is 0. The lowest BCUT2D eigenvalue weighted by Crippen LogP contribution is -2.54. The Morgan fingerprint density at radius 3 is 2.71 bits per heavy atom. The summed E-state index contributed by atoms with van der Waals surface area (Å²) >= 11 is 0. The van der Waals surface area contributed by atoms with Crippen LogP contribution in [0, 0.1) is 0 Å². The van der Waals surface area contributed by atoms with E-state index in [-0.39, 0.29) is 5.91 Å². The molecule has 2 unspecified atom stereocenters. The predicted molar refractivity (Wildman–Crippen MR) is 57.9 cm³/mol. The van der Waals surface area contributed by atoms with Crippen LogP contribution in [-0.4, -0.2) is 28.9 Å². The van der Waals surface area contributed by atoms with Gasteiger partial charge in [-0.1, -0.05) is 13.3 Å². The van der Waals surface area contributed by atoms with Gasteiger partial charge in [-0.05, 0) is 33.1 Å². The van der Waals surface area contributed by atoms with Gasteiger partial charge in [0.05, 0.1) is 5.54 Å². The number of amides is 1. The molecular formula is C11H22N2O. The van der Waals surface area contributed by atoms with Crippen molar-refractivity contribution >= 4 is 5.91 Å². The van der Waals surface area contributed by atoms with Crippen LogP contribution in [0.4, 0.5) is 0 Å². The normalized spacial score (nSPS) is 26.3. The lowest BCUT2D eigenvalue weighted by molar-refractivity contribution is -0.137. The molecule has 82 valence electrons. The Kier molecular flexibility index (Phi) is 3.53. The zero-order valence-electron chi connectivity index (χ0n) is 9.55. The van der Waals surface area contributed by atoms with Gasteiger partial charge in [0.2, 0.25) is 5.91 Å². The maximum absolute atomic E-state index is 12.1. The van der Waals surface area contributed by atoms with Crippen molar-refractivity contribution in [2.75, 3.05) is 6.54 Å². The molecule has 0 radical (unpaired) electrons. The number of hydrogen-bond donors (Lipinski definition) is 1. The smallest absolute Gasteiger partial charge is 0.242 e. The highest BCUT2D eigenvalue weighted by Gasteiger charge is 2.35. The second kappa shape index (κ2) is 4.30. The van der Waals surface area contributed by atoms with Crippen molar-refractivity contribution in [2.24, 2.45) is 5.73 Å². The molecule has 3 heteroatoms. The van der Waals surface area contributed by atoms with Gasteiger partial charge < -0.3 is 10.6 Å². The summed E-state index contributed by atoms with van der Waals surface area (Å²) in [5.41, 5.74) is 5.36. The van der Waals surface area contributed by atoms with Gasteiger partial charge in [0.1, 0.15) is 0 Å². The van der Waals surface area contributed by atoms with Crippen LogP contribution in [0.5, 0.6) is 0 Å². The van der Waals surface area contributed by atoms with Crippen molar-refractivity contribution in [3.8, 4) is 0 Å². The van der Waals surface area contributed by atoms with E-state index in [4.69, 9.17) is 5.73 Å². The molecule has 1 saturated heterocycles. The number of carbonyl (C=O) groups is 1. The maximum Gasteiger partial charge on any atom is 0.242 e. The lowest BCUT2D eigenvalue weighted by Gasteiger charge is -2.31. The van der Waals surface area contributed by atoms with E-state index in [0.29, 0.717) is 6.04 Å². The molecule has 1 amide bonds. The second-order valence-electron chi connectivity index (χ2n) is 4.66. The first kappa shape index (κ1) is 11.5. The first-order valence-electron chi connectivity index (χ1n) is 5.59. The lowest BCUT2D eigenvalue weighted by atomic mass is 9.95. The molecule has 1 heterocycles. The molecule has 0 saturated carbocycles. The van der Waals surface area contributed by atoms with E-state index in [9.17, 15) is 4.79 Å². The summed E-state index contributed by atoms with van der Waals surface area (Å²) in [7, 11) is 0. The molecule has 0 aromatic rings. The Morgan fingerprint density at radius 2 is 2.29 bits per heavy atom. The monoisotopic (exact) mass is 198 g/mol. The van der Waals surface area contributed by atoms with Crippen LogP contribution in [0.15, 0.2) is 0 Å². The molecular weight excluding hydrogens is 176 g/mol. The van der Waals surface area contributed by atoms with Gasteiger partial charge in [-0.15, -0.1) is 0 Å². The Balaban J connectivity index is 2.63. The molecule has 14 heavy (non-hydrogen) atoms. The predicted octanol–water partition coefficient (Wildman–Crippen LogP) is 1.51. The van der Waals surface area contributed by atoms with Crippen LogP contribution >= 0.6 is 0 Å². The number of likely N-dealkylation sites (tertiary alicyclic amines) is 1. The van der Waals surface area contributed by atoms with Crippen molar-refractivity contribution in [2.45, 2.75) is 58.0 Å². The highest BCUT2D eigenvalue weighted by atomic mass is 16.2. The molecule has 1 aliphatic rings. The molecule has 0 aliphatic carbocycles. The van der Waals surface area contributed by atoms with Gasteiger partial charge in [0, 0.05) is 12.6 Å². The highest BCUT2D eigenvalue weighted by Crippen LogP contribution is 2.21. The minimum absolute atomic E-state index is 0.129. The standard InChI is InChI=1S/C11H22N2O/c1-4-7-11(3,12)10(14)13-8-5-6-9(13)2/h9H,4-8,12H2,1-3H3. The van der Waals surface area contributed by atoms with E-state index >= 15 is 0 Å². The van der Waals surface area contributed by atoms with Crippen molar-refractivity contribution in [3.63, 3.8) is 0 Å². The highest BCUT2D eigenvalue weighted by molar-refractivity contribution is 5.86. The van der Waals surface area contributed by atoms with E-state index in [0.717, 1.165) is 32.2 Å². The van der Waals surface area contributed by atoms with Crippen molar-refractivity contribution in [3.05, 3.63) is 0 Å². The number of nitrogens with two attached hydrogens (primary N) is 1. The maximum atomic E-state index is 12.1. The van der Waals surface area contributed by atoms with E-state index in [1.807, 2.05) is 11.8 Å². The van der Waals surface area contributed by atoms with Crippen molar-refractivity contribution in [1.29, 1.82) is 0 Å². The zero-order valence-corrected chi connectivity index (χ0v) is 9.55. The third-order valence-electron chi connectivity index (χ3n) is 3.07. The van der Waals surface area contributed by atoms with Crippen LogP contribution in [-0.2, 0) is 4.79 Å². The Morgan fingerprint density at radius 1 is 1.64 bits per heavy atom. The molecule has 0 spiro atoms. The quantitative estimate of drug-likeness (QED) is 0.747. The van der Waals surface area contributed by atoms with Crippen LogP contribution in [0.2, 0.25) is 0 Å². The van der Waals surface area contributed by atoms with E-state index < -0.39 is 5.54 Å². The summed E-state index contributed by atoms with van der Waals surface area (Å²) in [6.45, 7) is 6.90. The summed E-state index contributed by atoms with van der Waals surface area (Å²) < 4.78 is 0. The van der Waals surface area contributed by atoms with Crippen LogP contribution < -0.4 is 5.73 Å². The zero-order chi connectivity index (χ0) is 10.8. The molecule has 0 bridgehead atoms. The number of hydrogen-bond acceptors (Lipinski definition) is 2. The molecule has 0 aromatic heterocycles. The van der Waals surface area contributed by atoms with Crippen molar-refractivity contribution in [1.82, 2.24) is 4.90 Å². The van der Waals surface area contributed by atoms with Gasteiger partial charge in [-0.3, -0.25) is 4.79 Å². The van der Waals surface area contributed by atoms with Gasteiger partial charge in [0.25, 0.3) is 0 Å². The fourth-order valence-electron chi connectivity index (χ4n) is 2.19. The summed E-state index contributed by atoms with van der Waals surface area (Å²) in [6.07, 6.45) is 3.97. The molecule has 1 aliphatic heterocycles. The SMILES string of the molecule is CCCC(C)(N)C(=O)N1CCCC1C. The summed E-state index contributed by atoms with van der Waals surface area (Å²) in [5.74, 6) is 0.129. The minimum atomic E-state index is -0.659. The van der Waals surface area contributed by atoms with Crippen LogP contribution in [0.25, 0.3) is 0 Å². The average molecular weight is 198 g/mol. The largest absolute Gasteiger partial charge is 0.338 e. The van der Waals surface area contributed by atoms with Crippen LogP contribution in [0.1, 0.15) is 46.5 Å². The fraction of sp³-hybridized carbons (Fsp3) is 0.909. The van der Waals surface area contributed by atoms with E-state index in [1.165, 1.54) is 0 Å². The first-order valence-corrected chi connectivity index (χ1v) is 5.59. The summed E-state index contributed by atoms with van der Waals surface area (Å²) in [6, 6.07) is 0.377. The topological polar surface area (TPSA) is 46.3 Å². The Labute approximate surface area is 86.6 Å². The van der Waals surface area contributed by atoms with Gasteiger partial charge in [-0.2, -0.15) is 0 Å². The van der Waals surface area contributed by atoms with Crippen molar-refractivity contribution < 1.29 is 4.79 Å². The molecule has 2 N–H and O–H groups in total. The van der Waals surface area contributed by atoms with Gasteiger partial charge >= 0.3 is 0 Å². The fourth-order valence-corrected chi connectivity index (χ4v) is 2.19. The summed E-state index contributed by atoms with van der Waals surface area (Å²) in [4.78, 5) is 14.0. The molecule has 3 nitrogen and oxygen atoms in total.